The first kappa shape index (κ1) is 19.1. The molecule has 0 atom stereocenters. The zero-order valence-corrected chi connectivity index (χ0v) is 14.3. The van der Waals surface area contributed by atoms with Crippen LogP contribution in [0.3, 0.4) is 0 Å². The molecule has 13 heteroatoms. The average Bonchev–Trinajstić information content (AvgIpc) is 3.25. The van der Waals surface area contributed by atoms with Crippen LogP contribution in [0.15, 0.2) is 28.8 Å². The third-order valence-corrected chi connectivity index (χ3v) is 3.95. The van der Waals surface area contributed by atoms with Gasteiger partial charge in [0, 0.05) is 18.7 Å². The molecule has 0 fully saturated rings. The second kappa shape index (κ2) is 6.40. The monoisotopic (exact) mass is 417 g/mol. The lowest BCUT2D eigenvalue weighted by Gasteiger charge is -2.14. The Labute approximate surface area is 156 Å². The van der Waals surface area contributed by atoms with E-state index >= 15 is 0 Å². The highest BCUT2D eigenvalue weighted by Crippen LogP contribution is 2.38. The summed E-state index contributed by atoms with van der Waals surface area (Å²) in [6.07, 6.45) is -8.91. The lowest BCUT2D eigenvalue weighted by atomic mass is 10.1. The molecule has 7 nitrogen and oxygen atoms in total. The lowest BCUT2D eigenvalue weighted by Crippen LogP contribution is -2.14. The summed E-state index contributed by atoms with van der Waals surface area (Å²) in [6, 6.07) is 2.23. The zero-order valence-electron chi connectivity index (χ0n) is 14.3. The number of hydrogen-bond donors (Lipinski definition) is 0. The van der Waals surface area contributed by atoms with E-state index in [4.69, 9.17) is 9.15 Å². The van der Waals surface area contributed by atoms with Gasteiger partial charge in [-0.1, -0.05) is 0 Å². The van der Waals surface area contributed by atoms with Crippen molar-refractivity contribution in [1.82, 2.24) is 24.6 Å². The fourth-order valence-corrected chi connectivity index (χ4v) is 2.75. The van der Waals surface area contributed by atoms with Gasteiger partial charge in [0.05, 0.1) is 5.56 Å². The first-order chi connectivity index (χ1) is 13.6. The highest BCUT2D eigenvalue weighted by Gasteiger charge is 2.39. The molecule has 4 rings (SSSR count). The molecule has 0 aliphatic heterocycles. The number of fused-ring (bicyclic) bond motifs is 3. The van der Waals surface area contributed by atoms with Crippen molar-refractivity contribution in [3.05, 3.63) is 41.5 Å². The van der Waals surface area contributed by atoms with E-state index < -0.39 is 34.6 Å². The summed E-state index contributed by atoms with van der Waals surface area (Å²) in [5, 5.41) is 6.94. The van der Waals surface area contributed by atoms with E-state index in [9.17, 15) is 26.3 Å². The van der Waals surface area contributed by atoms with Crippen molar-refractivity contribution in [1.29, 1.82) is 0 Å². The molecule has 0 amide bonds. The van der Waals surface area contributed by atoms with E-state index in [0.29, 0.717) is 0 Å². The van der Waals surface area contributed by atoms with Crippen molar-refractivity contribution >= 4 is 16.7 Å². The third-order valence-electron chi connectivity index (χ3n) is 3.95. The fraction of sp³-hybridized carbons (Fsp3) is 0.250. The summed E-state index contributed by atoms with van der Waals surface area (Å²) in [5.41, 5.74) is -3.56. The molecule has 0 aromatic carbocycles. The predicted octanol–water partition coefficient (Wildman–Crippen LogP) is 4.12. The molecule has 4 heterocycles. The molecule has 152 valence electrons. The molecular formula is C16H9F6N5O2. The first-order valence-electron chi connectivity index (χ1n) is 7.87. The molecule has 0 bridgehead atoms. The maximum absolute atomic E-state index is 13.4. The standard InChI is InChI=1S/C16H9F6N5O2/c1-28-6-12-25-26-14(29-12)9-5-27-11(23-9)3-2-7-8(15(17,18)19)4-10(16(20,21)22)24-13(7)27/h2-5H,6H2,1H3. The first-order valence-corrected chi connectivity index (χ1v) is 7.87. The van der Waals surface area contributed by atoms with Gasteiger partial charge in [-0.15, -0.1) is 10.2 Å². The van der Waals surface area contributed by atoms with Crippen LogP contribution in [0.1, 0.15) is 17.1 Å². The minimum Gasteiger partial charge on any atom is -0.417 e. The van der Waals surface area contributed by atoms with Crippen LogP contribution in [0.4, 0.5) is 26.3 Å². The quantitative estimate of drug-likeness (QED) is 0.467. The number of ether oxygens (including phenoxy) is 1. The van der Waals surface area contributed by atoms with Gasteiger partial charge in [0.25, 0.3) is 5.89 Å². The summed E-state index contributed by atoms with van der Waals surface area (Å²) in [5.74, 6) is 0.0539. The number of rotatable bonds is 3. The van der Waals surface area contributed by atoms with Crippen LogP contribution >= 0.6 is 0 Å². The number of aromatic nitrogens is 5. The second-order valence-electron chi connectivity index (χ2n) is 5.91. The highest BCUT2D eigenvalue weighted by atomic mass is 19.4. The smallest absolute Gasteiger partial charge is 0.417 e. The molecule has 29 heavy (non-hydrogen) atoms. The molecule has 0 saturated heterocycles. The number of methoxy groups -OCH3 is 1. The molecule has 0 aliphatic rings. The minimum atomic E-state index is -5.07. The van der Waals surface area contributed by atoms with Crippen molar-refractivity contribution < 1.29 is 35.5 Å². The third kappa shape index (κ3) is 3.37. The Bertz CT molecular complexity index is 1210. The maximum atomic E-state index is 13.4. The maximum Gasteiger partial charge on any atom is 0.433 e. The zero-order chi connectivity index (χ0) is 21.0. The van der Waals surface area contributed by atoms with Crippen LogP contribution in [-0.2, 0) is 23.7 Å². The van der Waals surface area contributed by atoms with Gasteiger partial charge in [-0.25, -0.2) is 9.97 Å². The van der Waals surface area contributed by atoms with Crippen LogP contribution in [0, 0.1) is 0 Å². The average molecular weight is 417 g/mol. The predicted molar refractivity (Wildman–Crippen MR) is 84.5 cm³/mol. The molecule has 0 unspecified atom stereocenters. The van der Waals surface area contributed by atoms with Gasteiger partial charge in [-0.05, 0) is 18.2 Å². The van der Waals surface area contributed by atoms with Crippen LogP contribution in [0.5, 0.6) is 0 Å². The van der Waals surface area contributed by atoms with Crippen LogP contribution in [0.2, 0.25) is 0 Å². The molecule has 4 aromatic rings. The summed E-state index contributed by atoms with van der Waals surface area (Å²) >= 11 is 0. The Balaban J connectivity index is 1.97. The summed E-state index contributed by atoms with van der Waals surface area (Å²) < 4.78 is 90.6. The van der Waals surface area contributed by atoms with E-state index in [1.807, 2.05) is 0 Å². The SMILES string of the molecule is COCc1nnc(-c2cn3c(ccc4c(C(F)(F)F)cc(C(F)(F)F)nc43)n2)o1. The highest BCUT2D eigenvalue weighted by molar-refractivity contribution is 5.83. The van der Waals surface area contributed by atoms with Gasteiger partial charge in [0.2, 0.25) is 5.89 Å². The number of halogens is 6. The molecular weight excluding hydrogens is 408 g/mol. The Kier molecular flexibility index (Phi) is 4.22. The number of hydrogen-bond acceptors (Lipinski definition) is 6. The molecule has 0 aliphatic carbocycles. The normalized spacial score (nSPS) is 12.9. The molecule has 0 spiro atoms. The minimum absolute atomic E-state index is 0.0129. The van der Waals surface area contributed by atoms with Crippen molar-refractivity contribution in [2.45, 2.75) is 19.0 Å². The Hall–Kier alpha value is -3.22. The topological polar surface area (TPSA) is 78.3 Å². The number of imidazole rings is 1. The Morgan fingerprint density at radius 1 is 1.03 bits per heavy atom. The van der Waals surface area contributed by atoms with Crippen molar-refractivity contribution in [2.75, 3.05) is 7.11 Å². The molecule has 4 aromatic heterocycles. The van der Waals surface area contributed by atoms with Gasteiger partial charge in [-0.2, -0.15) is 26.3 Å². The molecule has 0 saturated carbocycles. The van der Waals surface area contributed by atoms with E-state index in [1.54, 1.807) is 0 Å². The molecule has 0 N–H and O–H groups in total. The van der Waals surface area contributed by atoms with Crippen molar-refractivity contribution in [3.8, 4) is 11.6 Å². The Morgan fingerprint density at radius 3 is 2.45 bits per heavy atom. The summed E-state index contributed by atoms with van der Waals surface area (Å²) in [7, 11) is 1.41. The van der Waals surface area contributed by atoms with Gasteiger partial charge in [0.1, 0.15) is 29.3 Å². The summed E-state index contributed by atoms with van der Waals surface area (Å²) in [4.78, 5) is 7.52. The van der Waals surface area contributed by atoms with Gasteiger partial charge < -0.3 is 9.15 Å². The number of pyridine rings is 2. The van der Waals surface area contributed by atoms with E-state index in [2.05, 4.69) is 20.2 Å². The van der Waals surface area contributed by atoms with Gasteiger partial charge >= 0.3 is 12.4 Å². The summed E-state index contributed by atoms with van der Waals surface area (Å²) in [6.45, 7) is 0.0226. The van der Waals surface area contributed by atoms with Crippen molar-refractivity contribution in [2.24, 2.45) is 0 Å². The lowest BCUT2D eigenvalue weighted by molar-refractivity contribution is -0.144. The van der Waals surface area contributed by atoms with E-state index in [1.165, 1.54) is 19.4 Å². The molecule has 0 radical (unpaired) electrons. The Morgan fingerprint density at radius 2 is 1.79 bits per heavy atom. The fourth-order valence-electron chi connectivity index (χ4n) is 2.75. The second-order valence-corrected chi connectivity index (χ2v) is 5.91. The van der Waals surface area contributed by atoms with Gasteiger partial charge in [-0.3, -0.25) is 4.40 Å². The van der Waals surface area contributed by atoms with E-state index in [-0.39, 0.29) is 35.8 Å². The van der Waals surface area contributed by atoms with Crippen LogP contribution in [-0.4, -0.2) is 31.7 Å². The van der Waals surface area contributed by atoms with E-state index in [0.717, 1.165) is 10.5 Å². The largest absolute Gasteiger partial charge is 0.433 e. The number of nitrogens with zero attached hydrogens (tertiary/aromatic N) is 5. The van der Waals surface area contributed by atoms with Gasteiger partial charge in [0.15, 0.2) is 0 Å². The van der Waals surface area contributed by atoms with Crippen LogP contribution < -0.4 is 0 Å². The van der Waals surface area contributed by atoms with Crippen LogP contribution in [0.25, 0.3) is 28.3 Å². The number of alkyl halides is 6. The van der Waals surface area contributed by atoms with Crippen molar-refractivity contribution in [3.63, 3.8) is 0 Å².